The molecular formula is C31H29ClN8O5. The number of rotatable bonds is 11. The van der Waals surface area contributed by atoms with Crippen LogP contribution in [0.1, 0.15) is 21.5 Å². The van der Waals surface area contributed by atoms with Crippen molar-refractivity contribution in [2.45, 2.75) is 13.1 Å². The Morgan fingerprint density at radius 2 is 1.73 bits per heavy atom. The van der Waals surface area contributed by atoms with Crippen LogP contribution < -0.4 is 19.7 Å². The van der Waals surface area contributed by atoms with Gasteiger partial charge in [-0.15, -0.1) is 0 Å². The molecule has 1 amide bonds. The van der Waals surface area contributed by atoms with Crippen LogP contribution in [0.3, 0.4) is 0 Å². The molecule has 1 aliphatic rings. The Kier molecular flexibility index (Phi) is 8.34. The lowest BCUT2D eigenvalue weighted by atomic mass is 10.2. The average Bonchev–Trinajstić information content (AvgIpc) is 3.69. The highest BCUT2D eigenvalue weighted by Gasteiger charge is 2.19. The molecule has 45 heavy (non-hydrogen) atoms. The van der Waals surface area contributed by atoms with Crippen LogP contribution in [-0.2, 0) is 13.1 Å². The maximum absolute atomic E-state index is 12.9. The van der Waals surface area contributed by atoms with Gasteiger partial charge in [-0.05, 0) is 47.5 Å². The van der Waals surface area contributed by atoms with Crippen LogP contribution in [0.15, 0.2) is 73.1 Å². The van der Waals surface area contributed by atoms with Gasteiger partial charge < -0.3 is 29.2 Å². The Morgan fingerprint density at radius 1 is 1.00 bits per heavy atom. The second-order valence-corrected chi connectivity index (χ2v) is 11.0. The molecule has 0 saturated heterocycles. The first-order chi connectivity index (χ1) is 21.7. The Bertz CT molecular complexity index is 1860. The minimum atomic E-state index is -0.426. The van der Waals surface area contributed by atoms with E-state index in [1.807, 2.05) is 34.7 Å². The van der Waals surface area contributed by atoms with Gasteiger partial charge in [-0.3, -0.25) is 14.9 Å². The number of halogens is 1. The highest BCUT2D eigenvalue weighted by Crippen LogP contribution is 2.33. The largest absolute Gasteiger partial charge is 0.454 e. The number of hydrogen-bond donors (Lipinski definition) is 1. The van der Waals surface area contributed by atoms with Crippen LogP contribution in [-0.4, -0.2) is 69.2 Å². The van der Waals surface area contributed by atoms with Crippen LogP contribution in [0.25, 0.3) is 11.2 Å². The van der Waals surface area contributed by atoms with E-state index in [1.54, 1.807) is 54.7 Å². The molecule has 2 aromatic heterocycles. The van der Waals surface area contributed by atoms with Crippen molar-refractivity contribution in [3.8, 4) is 11.5 Å². The number of likely N-dealkylation sites (N-methyl/N-ethyl adjacent to an activating group) is 2. The number of benzene rings is 3. The summed E-state index contributed by atoms with van der Waals surface area (Å²) in [6, 6.07) is 18.9. The number of non-ortho nitro benzene ring substituents is 1. The quantitative estimate of drug-likeness (QED) is 0.157. The lowest BCUT2D eigenvalue weighted by molar-refractivity contribution is -0.384. The van der Waals surface area contributed by atoms with E-state index >= 15 is 0 Å². The Labute approximate surface area is 263 Å². The highest BCUT2D eigenvalue weighted by molar-refractivity contribution is 6.30. The first kappa shape index (κ1) is 29.6. The van der Waals surface area contributed by atoms with Crippen LogP contribution >= 0.6 is 11.6 Å². The van der Waals surface area contributed by atoms with E-state index in [-0.39, 0.29) is 18.4 Å². The highest BCUT2D eigenvalue weighted by atomic mass is 35.5. The van der Waals surface area contributed by atoms with Crippen LogP contribution in [0.5, 0.6) is 11.5 Å². The van der Waals surface area contributed by atoms with E-state index in [1.165, 1.54) is 12.1 Å². The van der Waals surface area contributed by atoms with Gasteiger partial charge in [-0.2, -0.15) is 9.97 Å². The Balaban J connectivity index is 1.25. The normalized spacial score (nSPS) is 11.9. The summed E-state index contributed by atoms with van der Waals surface area (Å²) in [5.74, 6) is 2.24. The molecule has 0 saturated carbocycles. The molecule has 0 atom stereocenters. The van der Waals surface area contributed by atoms with E-state index < -0.39 is 4.92 Å². The number of nitrogens with zero attached hydrogens (tertiary/aromatic N) is 7. The zero-order valence-electron chi connectivity index (χ0n) is 24.5. The molecule has 5 aromatic rings. The number of anilines is 2. The predicted molar refractivity (Wildman–Crippen MR) is 169 cm³/mol. The molecule has 0 unspecified atom stereocenters. The summed E-state index contributed by atoms with van der Waals surface area (Å²) >= 11 is 5.97. The SMILES string of the molecule is CN(CCN(C)c1nc(NCc2ccc3c(c2)OCO3)c2ncn(Cc3ccc([N+](=O)[O-])cc3)c2n1)C(=O)c1ccc(Cl)cc1. The molecule has 3 aromatic carbocycles. The molecule has 13 nitrogen and oxygen atoms in total. The number of carbonyl (C=O) groups is 1. The van der Waals surface area contributed by atoms with Gasteiger partial charge in [-0.1, -0.05) is 29.8 Å². The zero-order valence-corrected chi connectivity index (χ0v) is 25.3. The number of nitro groups is 1. The first-order valence-corrected chi connectivity index (χ1v) is 14.4. The number of nitrogens with one attached hydrogen (secondary N) is 1. The monoisotopic (exact) mass is 628 g/mol. The van der Waals surface area contributed by atoms with E-state index in [4.69, 9.17) is 31.0 Å². The number of imidazole rings is 1. The molecule has 3 heterocycles. The second-order valence-electron chi connectivity index (χ2n) is 10.5. The summed E-state index contributed by atoms with van der Waals surface area (Å²) in [5.41, 5.74) is 3.55. The van der Waals surface area contributed by atoms with Crippen molar-refractivity contribution >= 4 is 46.1 Å². The molecular weight excluding hydrogens is 600 g/mol. The molecule has 0 aliphatic carbocycles. The summed E-state index contributed by atoms with van der Waals surface area (Å²) in [4.78, 5) is 41.4. The maximum Gasteiger partial charge on any atom is 0.269 e. The Morgan fingerprint density at radius 3 is 2.49 bits per heavy atom. The van der Waals surface area contributed by atoms with Gasteiger partial charge in [0.15, 0.2) is 28.5 Å². The molecule has 1 N–H and O–H groups in total. The third-order valence-corrected chi connectivity index (χ3v) is 7.65. The van der Waals surface area contributed by atoms with Crippen LogP contribution in [0.2, 0.25) is 5.02 Å². The van der Waals surface area contributed by atoms with Crippen LogP contribution in [0, 0.1) is 10.1 Å². The number of fused-ring (bicyclic) bond motifs is 2. The van der Waals surface area contributed by atoms with Crippen molar-refractivity contribution in [3.63, 3.8) is 0 Å². The number of hydrogen-bond acceptors (Lipinski definition) is 10. The molecule has 0 radical (unpaired) electrons. The summed E-state index contributed by atoms with van der Waals surface area (Å²) in [7, 11) is 3.60. The Hall–Kier alpha value is -5.43. The molecule has 14 heteroatoms. The summed E-state index contributed by atoms with van der Waals surface area (Å²) in [6.07, 6.45) is 1.68. The molecule has 230 valence electrons. The average molecular weight is 629 g/mol. The van der Waals surface area contributed by atoms with Crippen molar-refractivity contribution in [2.75, 3.05) is 44.2 Å². The van der Waals surface area contributed by atoms with Gasteiger partial charge in [0.25, 0.3) is 11.6 Å². The van der Waals surface area contributed by atoms with Crippen molar-refractivity contribution in [2.24, 2.45) is 0 Å². The molecule has 1 aliphatic heterocycles. The van der Waals surface area contributed by atoms with Crippen molar-refractivity contribution in [3.05, 3.63) is 105 Å². The molecule has 0 bridgehead atoms. The standard InChI is InChI=1S/C31H29ClN8O5/c1-37(30(41)22-6-8-23(32)9-7-22)13-14-38(2)31-35-28(33-16-21-5-12-25-26(15-21)45-19-44-25)27-29(36-31)39(18-34-27)17-20-3-10-24(11-4-20)40(42)43/h3-12,15,18H,13-14,16-17,19H2,1-2H3,(H,33,35,36). The van der Waals surface area contributed by atoms with Crippen molar-refractivity contribution in [1.82, 2.24) is 24.4 Å². The fraction of sp³-hybridized carbons (Fsp3) is 0.226. The minimum Gasteiger partial charge on any atom is -0.454 e. The van der Waals surface area contributed by atoms with E-state index in [2.05, 4.69) is 10.3 Å². The van der Waals surface area contributed by atoms with E-state index in [9.17, 15) is 14.9 Å². The van der Waals surface area contributed by atoms with Crippen molar-refractivity contribution < 1.29 is 19.2 Å². The fourth-order valence-electron chi connectivity index (χ4n) is 4.81. The predicted octanol–water partition coefficient (Wildman–Crippen LogP) is 4.99. The van der Waals surface area contributed by atoms with Gasteiger partial charge in [0, 0.05) is 56.4 Å². The molecule has 6 rings (SSSR count). The van der Waals surface area contributed by atoms with Gasteiger partial charge in [0.2, 0.25) is 12.7 Å². The number of ether oxygens (including phenoxy) is 2. The second kappa shape index (κ2) is 12.7. The lowest BCUT2D eigenvalue weighted by Crippen LogP contribution is -2.35. The minimum absolute atomic E-state index is 0.0231. The van der Waals surface area contributed by atoms with Gasteiger partial charge in [-0.25, -0.2) is 4.98 Å². The smallest absolute Gasteiger partial charge is 0.269 e. The van der Waals surface area contributed by atoms with Gasteiger partial charge in [0.05, 0.1) is 17.8 Å². The fourth-order valence-corrected chi connectivity index (χ4v) is 4.94. The number of carbonyl (C=O) groups excluding carboxylic acids is 1. The molecule has 0 spiro atoms. The van der Waals surface area contributed by atoms with E-state index in [0.717, 1.165) is 11.1 Å². The van der Waals surface area contributed by atoms with Crippen molar-refractivity contribution in [1.29, 1.82) is 0 Å². The third kappa shape index (κ3) is 6.58. The van der Waals surface area contributed by atoms with Crippen LogP contribution in [0.4, 0.5) is 17.5 Å². The topological polar surface area (TPSA) is 141 Å². The summed E-state index contributed by atoms with van der Waals surface area (Å²) in [5, 5.41) is 15.1. The summed E-state index contributed by atoms with van der Waals surface area (Å²) in [6.45, 7) is 1.91. The summed E-state index contributed by atoms with van der Waals surface area (Å²) < 4.78 is 12.8. The molecule has 0 fully saturated rings. The zero-order chi connectivity index (χ0) is 31.5. The van der Waals surface area contributed by atoms with E-state index in [0.29, 0.717) is 71.2 Å². The number of nitro benzene ring substituents is 1. The first-order valence-electron chi connectivity index (χ1n) is 14.1. The number of aromatic nitrogens is 4. The third-order valence-electron chi connectivity index (χ3n) is 7.40. The lowest BCUT2D eigenvalue weighted by Gasteiger charge is -2.23. The van der Waals surface area contributed by atoms with Gasteiger partial charge >= 0.3 is 0 Å². The van der Waals surface area contributed by atoms with Gasteiger partial charge in [0.1, 0.15) is 0 Å². The number of amides is 1. The maximum atomic E-state index is 12.9.